The number of methoxy groups -OCH3 is 1. The average molecular weight is 353 g/mol. The van der Waals surface area contributed by atoms with Crippen LogP contribution in [-0.4, -0.2) is 27.6 Å². The zero-order valence-electron chi connectivity index (χ0n) is 12.6. The molecule has 1 aliphatic carbocycles. The van der Waals surface area contributed by atoms with E-state index in [1.807, 2.05) is 0 Å². The third-order valence-corrected chi connectivity index (χ3v) is 5.57. The first-order valence-corrected chi connectivity index (χ1v) is 8.44. The topological polar surface area (TPSA) is 81.4 Å². The van der Waals surface area contributed by atoms with E-state index in [1.54, 1.807) is 0 Å². The van der Waals surface area contributed by atoms with E-state index in [0.29, 0.717) is 12.8 Å². The van der Waals surface area contributed by atoms with E-state index in [1.165, 1.54) is 26.2 Å². The summed E-state index contributed by atoms with van der Waals surface area (Å²) in [4.78, 5) is -0.0457. The normalized spacial score (nSPS) is 22.0. The van der Waals surface area contributed by atoms with Crippen LogP contribution in [0.5, 0.6) is 5.75 Å². The van der Waals surface area contributed by atoms with E-state index in [2.05, 4.69) is 4.72 Å². The fourth-order valence-corrected chi connectivity index (χ4v) is 4.15. The second kappa shape index (κ2) is 7.59. The zero-order chi connectivity index (χ0) is 15.6. The molecule has 0 unspecified atom stereocenters. The number of halogens is 2. The lowest BCUT2D eigenvalue weighted by Gasteiger charge is -2.26. The van der Waals surface area contributed by atoms with E-state index in [4.69, 9.17) is 10.5 Å². The van der Waals surface area contributed by atoms with Gasteiger partial charge in [-0.3, -0.25) is 0 Å². The van der Waals surface area contributed by atoms with Crippen LogP contribution in [0.1, 0.15) is 31.2 Å². The van der Waals surface area contributed by atoms with Gasteiger partial charge in [0.15, 0.2) is 11.6 Å². The summed E-state index contributed by atoms with van der Waals surface area (Å²) in [6.45, 7) is 1.43. The molecule has 126 valence electrons. The van der Waals surface area contributed by atoms with Gasteiger partial charge in [0, 0.05) is 17.6 Å². The van der Waals surface area contributed by atoms with Crippen LogP contribution < -0.4 is 15.2 Å². The summed E-state index contributed by atoms with van der Waals surface area (Å²) in [5.74, 6) is -0.610. The average Bonchev–Trinajstić information content (AvgIpc) is 2.44. The second-order valence-electron chi connectivity index (χ2n) is 5.44. The van der Waals surface area contributed by atoms with Crippen LogP contribution in [-0.2, 0) is 10.0 Å². The predicted octanol–water partition coefficient (Wildman–Crippen LogP) is 2.11. The van der Waals surface area contributed by atoms with Crippen molar-refractivity contribution in [3.05, 3.63) is 23.5 Å². The maximum absolute atomic E-state index is 14.0. The van der Waals surface area contributed by atoms with Gasteiger partial charge in [0.25, 0.3) is 0 Å². The summed E-state index contributed by atoms with van der Waals surface area (Å²) in [7, 11) is -2.40. The summed E-state index contributed by atoms with van der Waals surface area (Å²) in [6, 6.07) is 2.70. The number of benzene rings is 1. The van der Waals surface area contributed by atoms with Gasteiger partial charge in [-0.1, -0.05) is 0 Å². The van der Waals surface area contributed by atoms with Crippen LogP contribution in [0.4, 0.5) is 4.39 Å². The summed E-state index contributed by atoms with van der Waals surface area (Å²) in [5, 5.41) is 0. The molecule has 1 aromatic carbocycles. The third kappa shape index (κ3) is 4.10. The molecule has 5 nitrogen and oxygen atoms in total. The molecule has 0 saturated heterocycles. The van der Waals surface area contributed by atoms with Crippen molar-refractivity contribution in [2.24, 2.45) is 5.73 Å². The van der Waals surface area contributed by atoms with Gasteiger partial charge in [-0.2, -0.15) is 0 Å². The minimum atomic E-state index is -3.74. The summed E-state index contributed by atoms with van der Waals surface area (Å²) in [5.41, 5.74) is 5.87. The van der Waals surface area contributed by atoms with Crippen LogP contribution in [0, 0.1) is 12.7 Å². The highest BCUT2D eigenvalue weighted by molar-refractivity contribution is 7.89. The Bertz CT molecular complexity index is 617. The van der Waals surface area contributed by atoms with Gasteiger partial charge >= 0.3 is 0 Å². The Balaban J connectivity index is 0.00000242. The summed E-state index contributed by atoms with van der Waals surface area (Å²) < 4.78 is 46.3. The Labute approximate surface area is 136 Å². The molecule has 0 atom stereocenters. The van der Waals surface area contributed by atoms with Crippen LogP contribution in [0.15, 0.2) is 17.0 Å². The molecule has 0 radical (unpaired) electrons. The maximum Gasteiger partial charge on any atom is 0.241 e. The van der Waals surface area contributed by atoms with Gasteiger partial charge in [0.05, 0.1) is 12.0 Å². The SMILES string of the molecule is COc1ccc(S(=O)(=O)NC2CCC(N)CC2)c(C)c1F.Cl. The van der Waals surface area contributed by atoms with Crippen molar-refractivity contribution in [1.29, 1.82) is 0 Å². The number of nitrogens with one attached hydrogen (secondary N) is 1. The van der Waals surface area contributed by atoms with Gasteiger partial charge in [0.2, 0.25) is 10.0 Å². The lowest BCUT2D eigenvalue weighted by molar-refractivity contribution is 0.373. The second-order valence-corrected chi connectivity index (χ2v) is 7.12. The predicted molar refractivity (Wildman–Crippen MR) is 85.5 cm³/mol. The fraction of sp³-hybridized carbons (Fsp3) is 0.571. The van der Waals surface area contributed by atoms with Crippen molar-refractivity contribution in [1.82, 2.24) is 4.72 Å². The Morgan fingerprint density at radius 2 is 1.86 bits per heavy atom. The number of sulfonamides is 1. The van der Waals surface area contributed by atoms with Crippen molar-refractivity contribution in [2.45, 2.75) is 49.6 Å². The molecule has 0 amide bonds. The molecule has 2 rings (SSSR count). The molecule has 0 aliphatic heterocycles. The largest absolute Gasteiger partial charge is 0.494 e. The number of nitrogens with two attached hydrogens (primary N) is 1. The molecule has 1 fully saturated rings. The molecule has 22 heavy (non-hydrogen) atoms. The maximum atomic E-state index is 14.0. The van der Waals surface area contributed by atoms with Crippen LogP contribution in [0.2, 0.25) is 0 Å². The van der Waals surface area contributed by atoms with Crippen LogP contribution >= 0.6 is 12.4 Å². The monoisotopic (exact) mass is 352 g/mol. The minimum absolute atomic E-state index is 0. The molecule has 3 N–H and O–H groups in total. The van der Waals surface area contributed by atoms with Crippen molar-refractivity contribution < 1.29 is 17.5 Å². The molecule has 1 aromatic rings. The van der Waals surface area contributed by atoms with Crippen molar-refractivity contribution in [2.75, 3.05) is 7.11 Å². The highest BCUT2D eigenvalue weighted by Crippen LogP contribution is 2.27. The number of hydrogen-bond acceptors (Lipinski definition) is 4. The summed E-state index contributed by atoms with van der Waals surface area (Å²) in [6.07, 6.45) is 3.00. The van der Waals surface area contributed by atoms with E-state index >= 15 is 0 Å². The fourth-order valence-electron chi connectivity index (χ4n) is 2.61. The first-order valence-electron chi connectivity index (χ1n) is 6.96. The van der Waals surface area contributed by atoms with Gasteiger partial charge in [-0.15, -0.1) is 12.4 Å². The standard InChI is InChI=1S/C14H21FN2O3S.ClH/c1-9-13(8-7-12(20-2)14(9)15)21(18,19)17-11-5-3-10(16)4-6-11;/h7-8,10-11,17H,3-6,16H2,1-2H3;1H. The molecular weight excluding hydrogens is 331 g/mol. The quantitative estimate of drug-likeness (QED) is 0.869. The van der Waals surface area contributed by atoms with Crippen molar-refractivity contribution in [3.63, 3.8) is 0 Å². The number of hydrogen-bond donors (Lipinski definition) is 2. The molecule has 8 heteroatoms. The van der Waals surface area contributed by atoms with Gasteiger partial charge in [-0.25, -0.2) is 17.5 Å². The molecule has 0 aromatic heterocycles. The van der Waals surface area contributed by atoms with Crippen molar-refractivity contribution >= 4 is 22.4 Å². The van der Waals surface area contributed by atoms with Crippen LogP contribution in [0.25, 0.3) is 0 Å². The number of rotatable bonds is 4. The van der Waals surface area contributed by atoms with E-state index in [9.17, 15) is 12.8 Å². The molecule has 1 aliphatic rings. The zero-order valence-corrected chi connectivity index (χ0v) is 14.3. The Kier molecular flexibility index (Phi) is 6.61. The molecule has 0 bridgehead atoms. The lowest BCUT2D eigenvalue weighted by atomic mass is 9.93. The number of ether oxygens (including phenoxy) is 1. The van der Waals surface area contributed by atoms with E-state index < -0.39 is 15.8 Å². The van der Waals surface area contributed by atoms with Gasteiger partial charge in [0.1, 0.15) is 0 Å². The molecule has 0 spiro atoms. The minimum Gasteiger partial charge on any atom is -0.494 e. The molecule has 1 saturated carbocycles. The first-order chi connectivity index (χ1) is 9.85. The third-order valence-electron chi connectivity index (χ3n) is 3.90. The first kappa shape index (κ1) is 19.2. The van der Waals surface area contributed by atoms with Crippen molar-refractivity contribution in [3.8, 4) is 5.75 Å². The van der Waals surface area contributed by atoms with E-state index in [0.717, 1.165) is 12.8 Å². The highest BCUT2D eigenvalue weighted by Gasteiger charge is 2.26. The lowest BCUT2D eigenvalue weighted by Crippen LogP contribution is -2.40. The van der Waals surface area contributed by atoms with Crippen LogP contribution in [0.3, 0.4) is 0 Å². The molecule has 0 heterocycles. The van der Waals surface area contributed by atoms with Gasteiger partial charge in [-0.05, 0) is 44.7 Å². The Morgan fingerprint density at radius 3 is 2.41 bits per heavy atom. The van der Waals surface area contributed by atoms with Gasteiger partial charge < -0.3 is 10.5 Å². The molecular formula is C14H22ClFN2O3S. The Hall–Kier alpha value is -0.890. The van der Waals surface area contributed by atoms with E-state index in [-0.39, 0.29) is 40.7 Å². The Morgan fingerprint density at radius 1 is 1.27 bits per heavy atom. The highest BCUT2D eigenvalue weighted by atomic mass is 35.5. The summed E-state index contributed by atoms with van der Waals surface area (Å²) >= 11 is 0. The smallest absolute Gasteiger partial charge is 0.241 e.